The summed E-state index contributed by atoms with van der Waals surface area (Å²) in [6, 6.07) is 18.8. The van der Waals surface area contributed by atoms with E-state index in [0.29, 0.717) is 34.2 Å². The third kappa shape index (κ3) is 4.94. The Bertz CT molecular complexity index is 1630. The highest BCUT2D eigenvalue weighted by molar-refractivity contribution is 5.91. The summed E-state index contributed by atoms with van der Waals surface area (Å²) in [5.74, 6) is 1.51. The number of methoxy groups -OCH3 is 2. The van der Waals surface area contributed by atoms with Crippen LogP contribution in [0.4, 0.5) is 0 Å². The molecule has 0 fully saturated rings. The van der Waals surface area contributed by atoms with Crippen molar-refractivity contribution in [2.24, 2.45) is 0 Å². The number of benzene rings is 3. The van der Waals surface area contributed by atoms with Gasteiger partial charge in [0.2, 0.25) is 12.5 Å². The number of carbonyl (C=O) groups excluding carboxylic acids is 1. The molecule has 0 saturated carbocycles. The van der Waals surface area contributed by atoms with Gasteiger partial charge in [-0.15, -0.1) is 0 Å². The van der Waals surface area contributed by atoms with E-state index >= 15 is 0 Å². The molecule has 2 heterocycles. The molecule has 38 heavy (non-hydrogen) atoms. The summed E-state index contributed by atoms with van der Waals surface area (Å²) in [5.41, 5.74) is -0.257. The molecular formula is C27H24N4O7. The van der Waals surface area contributed by atoms with Crippen molar-refractivity contribution in [1.29, 1.82) is 0 Å². The average Bonchev–Trinajstić information content (AvgIpc) is 3.42. The van der Waals surface area contributed by atoms with E-state index in [4.69, 9.17) is 18.9 Å². The number of rotatable bonds is 8. The van der Waals surface area contributed by atoms with Crippen LogP contribution in [0.1, 0.15) is 21.6 Å². The third-order valence-corrected chi connectivity index (χ3v) is 5.94. The van der Waals surface area contributed by atoms with Gasteiger partial charge in [-0.3, -0.25) is 14.2 Å². The van der Waals surface area contributed by atoms with Crippen LogP contribution < -0.4 is 35.5 Å². The monoisotopic (exact) mass is 516 g/mol. The second kappa shape index (κ2) is 10.5. The first-order valence-electron chi connectivity index (χ1n) is 11.6. The zero-order valence-corrected chi connectivity index (χ0v) is 20.7. The molecule has 0 aliphatic carbocycles. The summed E-state index contributed by atoms with van der Waals surface area (Å²) in [6.07, 6.45) is 0. The van der Waals surface area contributed by atoms with Gasteiger partial charge in [0.15, 0.2) is 11.5 Å². The number of hydrogen-bond donors (Lipinski definition) is 1. The van der Waals surface area contributed by atoms with Crippen molar-refractivity contribution in [2.45, 2.75) is 13.1 Å². The molecular weight excluding hydrogens is 492 g/mol. The molecule has 0 bridgehead atoms. The summed E-state index contributed by atoms with van der Waals surface area (Å²) >= 11 is 0. The normalized spacial score (nSPS) is 11.7. The Morgan fingerprint density at radius 3 is 2.45 bits per heavy atom. The zero-order valence-electron chi connectivity index (χ0n) is 20.7. The van der Waals surface area contributed by atoms with E-state index in [2.05, 4.69) is 10.4 Å². The molecule has 194 valence electrons. The van der Waals surface area contributed by atoms with Gasteiger partial charge in [-0.1, -0.05) is 24.3 Å². The van der Waals surface area contributed by atoms with Crippen LogP contribution in [0.2, 0.25) is 0 Å². The summed E-state index contributed by atoms with van der Waals surface area (Å²) in [5, 5.41) is 6.86. The molecule has 0 saturated heterocycles. The van der Waals surface area contributed by atoms with Crippen LogP contribution in [-0.2, 0) is 13.1 Å². The van der Waals surface area contributed by atoms with Gasteiger partial charge in [0.05, 0.1) is 26.5 Å². The van der Waals surface area contributed by atoms with E-state index in [9.17, 15) is 14.4 Å². The second-order valence-electron chi connectivity index (χ2n) is 8.36. The Morgan fingerprint density at radius 1 is 0.921 bits per heavy atom. The van der Waals surface area contributed by atoms with E-state index in [-0.39, 0.29) is 19.9 Å². The van der Waals surface area contributed by atoms with Crippen molar-refractivity contribution in [3.63, 3.8) is 0 Å². The molecule has 5 rings (SSSR count). The van der Waals surface area contributed by atoms with Gasteiger partial charge in [-0.05, 0) is 47.5 Å². The molecule has 1 aromatic heterocycles. The van der Waals surface area contributed by atoms with Crippen LogP contribution in [0.15, 0.2) is 76.3 Å². The summed E-state index contributed by atoms with van der Waals surface area (Å²) in [7, 11) is 3.02. The van der Waals surface area contributed by atoms with Crippen LogP contribution in [-0.4, -0.2) is 41.3 Å². The topological polar surface area (TPSA) is 123 Å². The van der Waals surface area contributed by atoms with Gasteiger partial charge in [0.25, 0.3) is 11.5 Å². The standard InChI is InChI=1S/C27H24N4O7/c1-35-20-7-3-5-18(11-20)15-30-26(33)24(29-31(27(30)34)19-6-4-8-21(13-19)36-2)25(32)28-14-17-9-10-22-23(12-17)38-16-37-22/h3-13H,14-16H2,1-2H3,(H,28,32). The minimum Gasteiger partial charge on any atom is -0.497 e. The lowest BCUT2D eigenvalue weighted by Gasteiger charge is -2.13. The summed E-state index contributed by atoms with van der Waals surface area (Å²) < 4.78 is 23.2. The highest BCUT2D eigenvalue weighted by atomic mass is 16.7. The minimum atomic E-state index is -0.819. The average molecular weight is 517 g/mol. The van der Waals surface area contributed by atoms with Crippen LogP contribution in [0, 0.1) is 0 Å². The van der Waals surface area contributed by atoms with Crippen molar-refractivity contribution >= 4 is 5.91 Å². The highest BCUT2D eigenvalue weighted by Crippen LogP contribution is 2.32. The van der Waals surface area contributed by atoms with E-state index in [1.165, 1.54) is 14.2 Å². The van der Waals surface area contributed by atoms with Crippen LogP contribution in [0.5, 0.6) is 23.0 Å². The van der Waals surface area contributed by atoms with Crippen molar-refractivity contribution in [3.05, 3.63) is 104 Å². The summed E-state index contributed by atoms with van der Waals surface area (Å²) in [6.45, 7) is 0.141. The maximum absolute atomic E-state index is 13.4. The lowest BCUT2D eigenvalue weighted by atomic mass is 10.2. The van der Waals surface area contributed by atoms with Crippen molar-refractivity contribution in [2.75, 3.05) is 21.0 Å². The molecule has 1 amide bonds. The molecule has 0 radical (unpaired) electrons. The number of hydrogen-bond acceptors (Lipinski definition) is 8. The van der Waals surface area contributed by atoms with Gasteiger partial charge in [0, 0.05) is 12.6 Å². The molecule has 0 spiro atoms. The number of nitrogens with one attached hydrogen (secondary N) is 1. The van der Waals surface area contributed by atoms with Crippen molar-refractivity contribution in [1.82, 2.24) is 19.7 Å². The largest absolute Gasteiger partial charge is 0.497 e. The van der Waals surface area contributed by atoms with Gasteiger partial charge in [-0.2, -0.15) is 9.78 Å². The number of ether oxygens (including phenoxy) is 4. The molecule has 4 aromatic rings. The first-order chi connectivity index (χ1) is 18.5. The maximum Gasteiger partial charge on any atom is 0.352 e. The van der Waals surface area contributed by atoms with Gasteiger partial charge in [-0.25, -0.2) is 4.79 Å². The quantitative estimate of drug-likeness (QED) is 0.378. The first-order valence-corrected chi connectivity index (χ1v) is 11.6. The molecule has 1 N–H and O–H groups in total. The smallest absolute Gasteiger partial charge is 0.352 e. The lowest BCUT2D eigenvalue weighted by Crippen LogP contribution is -2.46. The number of nitrogens with zero attached hydrogens (tertiary/aromatic N) is 3. The Hall–Kier alpha value is -5.06. The fourth-order valence-corrected chi connectivity index (χ4v) is 3.98. The van der Waals surface area contributed by atoms with E-state index in [0.717, 1.165) is 14.8 Å². The predicted octanol–water partition coefficient (Wildman–Crippen LogP) is 2.12. The van der Waals surface area contributed by atoms with E-state index in [1.54, 1.807) is 66.7 Å². The fourth-order valence-electron chi connectivity index (χ4n) is 3.98. The van der Waals surface area contributed by atoms with Crippen molar-refractivity contribution in [3.8, 4) is 28.7 Å². The third-order valence-electron chi connectivity index (χ3n) is 5.94. The summed E-state index contributed by atoms with van der Waals surface area (Å²) in [4.78, 5) is 40.0. The predicted molar refractivity (Wildman–Crippen MR) is 136 cm³/mol. The number of amides is 1. The zero-order chi connectivity index (χ0) is 26.6. The van der Waals surface area contributed by atoms with Crippen LogP contribution >= 0.6 is 0 Å². The molecule has 11 heteroatoms. The molecule has 1 aliphatic rings. The Labute approximate surface area is 216 Å². The Morgan fingerprint density at radius 2 is 1.66 bits per heavy atom. The van der Waals surface area contributed by atoms with Crippen molar-refractivity contribution < 1.29 is 23.7 Å². The van der Waals surface area contributed by atoms with E-state index < -0.39 is 22.9 Å². The first kappa shape index (κ1) is 24.6. The maximum atomic E-state index is 13.4. The second-order valence-corrected chi connectivity index (χ2v) is 8.36. The van der Waals surface area contributed by atoms with Gasteiger partial charge >= 0.3 is 5.69 Å². The molecule has 0 atom stereocenters. The molecule has 3 aromatic carbocycles. The SMILES string of the molecule is COc1cccc(Cn2c(=O)c(C(=O)NCc3ccc4c(c3)OCO4)nn(-c3cccc(OC)c3)c2=O)c1. The minimum absolute atomic E-state index is 0.0935. The molecule has 11 nitrogen and oxygen atoms in total. The van der Waals surface area contributed by atoms with Gasteiger partial charge < -0.3 is 24.3 Å². The fraction of sp³-hybridized carbons (Fsp3) is 0.185. The number of carbonyl (C=O) groups is 1. The Kier molecular flexibility index (Phi) is 6.81. The Balaban J connectivity index is 1.53. The van der Waals surface area contributed by atoms with Crippen LogP contribution in [0.3, 0.4) is 0 Å². The molecule has 1 aliphatic heterocycles. The number of fused-ring (bicyclic) bond motifs is 1. The van der Waals surface area contributed by atoms with E-state index in [1.807, 2.05) is 0 Å². The molecule has 0 unspecified atom stereocenters. The van der Waals surface area contributed by atoms with Crippen LogP contribution in [0.25, 0.3) is 5.69 Å². The lowest BCUT2D eigenvalue weighted by molar-refractivity contribution is 0.0941. The highest BCUT2D eigenvalue weighted by Gasteiger charge is 2.21. The van der Waals surface area contributed by atoms with Gasteiger partial charge in [0.1, 0.15) is 11.5 Å². The number of aromatic nitrogens is 3.